The smallest absolute Gasteiger partial charge is 0.374 e. The van der Waals surface area contributed by atoms with Crippen molar-refractivity contribution in [3.05, 3.63) is 52.1 Å². The van der Waals surface area contributed by atoms with Crippen molar-refractivity contribution >= 4 is 43.7 Å². The highest BCUT2D eigenvalue weighted by molar-refractivity contribution is 7.92. The molecule has 0 fully saturated rings. The Hall–Kier alpha value is -3.73. The molecule has 0 saturated carbocycles. The van der Waals surface area contributed by atoms with Crippen LogP contribution in [0.3, 0.4) is 0 Å². The van der Waals surface area contributed by atoms with Gasteiger partial charge in [-0.3, -0.25) is 13.9 Å². The second-order valence-corrected chi connectivity index (χ2v) is 9.16. The molecule has 0 saturated heterocycles. The highest BCUT2D eigenvalue weighted by Crippen LogP contribution is 2.33. The number of hydrogen-bond donors (Lipinski definition) is 1. The zero-order chi connectivity index (χ0) is 24.1. The lowest BCUT2D eigenvalue weighted by molar-refractivity contribution is 0.0491. The molecule has 0 amide bonds. The number of furan rings is 1. The molecule has 0 spiro atoms. The fraction of sp³-hybridized carbons (Fsp3) is 0.273. The monoisotopic (exact) mass is 473 g/mol. The van der Waals surface area contributed by atoms with E-state index >= 15 is 0 Å². The van der Waals surface area contributed by atoms with Gasteiger partial charge in [0.25, 0.3) is 10.0 Å². The summed E-state index contributed by atoms with van der Waals surface area (Å²) < 4.78 is 47.7. The first-order chi connectivity index (χ1) is 15.6. The molecule has 0 atom stereocenters. The summed E-state index contributed by atoms with van der Waals surface area (Å²) in [5.41, 5.74) is 1.93. The Labute approximate surface area is 189 Å². The third-order valence-corrected chi connectivity index (χ3v) is 6.88. The highest BCUT2D eigenvalue weighted by Gasteiger charge is 2.23. The number of nitrogens with one attached hydrogen (secondary N) is 1. The van der Waals surface area contributed by atoms with Crippen molar-refractivity contribution in [3.63, 3.8) is 0 Å². The van der Waals surface area contributed by atoms with Gasteiger partial charge in [0, 0.05) is 31.1 Å². The minimum atomic E-state index is -4.04. The van der Waals surface area contributed by atoms with Crippen LogP contribution in [0.1, 0.15) is 23.0 Å². The quantitative estimate of drug-likeness (QED) is 0.427. The second kappa shape index (κ2) is 8.00. The van der Waals surface area contributed by atoms with E-state index in [1.807, 2.05) is 0 Å². The molecule has 10 nitrogen and oxygen atoms in total. The molecule has 2 aromatic heterocycles. The van der Waals surface area contributed by atoms with E-state index in [4.69, 9.17) is 13.9 Å². The number of aromatic nitrogens is 2. The number of anilines is 1. The minimum absolute atomic E-state index is 0.0293. The zero-order valence-corrected chi connectivity index (χ0v) is 19.6. The first-order valence-electron chi connectivity index (χ1n) is 10.1. The number of hydrogen-bond acceptors (Lipinski definition) is 7. The summed E-state index contributed by atoms with van der Waals surface area (Å²) in [5.74, 6) is -0.316. The Morgan fingerprint density at radius 1 is 1.12 bits per heavy atom. The molecule has 4 aromatic rings. The summed E-state index contributed by atoms with van der Waals surface area (Å²) in [6, 6.07) is 7.45. The maximum atomic E-state index is 13.2. The van der Waals surface area contributed by atoms with Crippen molar-refractivity contribution in [3.8, 4) is 5.75 Å². The zero-order valence-electron chi connectivity index (χ0n) is 18.8. The number of carbonyl (C=O) groups is 1. The predicted octanol–water partition coefficient (Wildman–Crippen LogP) is 2.92. The molecule has 0 unspecified atom stereocenters. The van der Waals surface area contributed by atoms with Gasteiger partial charge in [-0.15, -0.1) is 0 Å². The number of esters is 1. The molecule has 4 rings (SSSR count). The van der Waals surface area contributed by atoms with Gasteiger partial charge in [0.2, 0.25) is 5.76 Å². The lowest BCUT2D eigenvalue weighted by Crippen LogP contribution is -2.19. The van der Waals surface area contributed by atoms with Crippen molar-refractivity contribution < 1.29 is 27.1 Å². The van der Waals surface area contributed by atoms with Gasteiger partial charge in [0.1, 0.15) is 11.3 Å². The summed E-state index contributed by atoms with van der Waals surface area (Å²) >= 11 is 0. The molecule has 1 N–H and O–H groups in total. The van der Waals surface area contributed by atoms with Crippen LogP contribution >= 0.6 is 0 Å². The standard InChI is InChI=1S/C22H23N3O7S/c1-6-31-21(26)20-12(2)14-9-13(7-8-18(14)32-20)33(28,29)23-15-10-16-17(11-19(15)30-5)25(4)22(27)24(16)3/h7-11,23H,6H2,1-5H3. The molecule has 0 radical (unpaired) electrons. The number of fused-ring (bicyclic) bond motifs is 2. The third-order valence-electron chi connectivity index (χ3n) is 5.52. The van der Waals surface area contributed by atoms with Crippen LogP contribution in [0.2, 0.25) is 0 Å². The van der Waals surface area contributed by atoms with E-state index in [1.165, 1.54) is 34.4 Å². The second-order valence-electron chi connectivity index (χ2n) is 7.48. The summed E-state index contributed by atoms with van der Waals surface area (Å²) in [4.78, 5) is 24.3. The number of imidazole rings is 1. The Kier molecular flexibility index (Phi) is 5.44. The molecular weight excluding hydrogens is 450 g/mol. The minimum Gasteiger partial charge on any atom is -0.494 e. The number of aryl methyl sites for hydroxylation is 3. The summed E-state index contributed by atoms with van der Waals surface area (Å²) in [5, 5.41) is 0.480. The Bertz CT molecular complexity index is 1580. The van der Waals surface area contributed by atoms with E-state index in [-0.39, 0.29) is 34.4 Å². The fourth-order valence-corrected chi connectivity index (χ4v) is 4.82. The Morgan fingerprint density at radius 2 is 1.79 bits per heavy atom. The van der Waals surface area contributed by atoms with E-state index in [2.05, 4.69) is 4.72 Å². The number of methoxy groups -OCH3 is 1. The molecule has 33 heavy (non-hydrogen) atoms. The van der Waals surface area contributed by atoms with Crippen LogP contribution < -0.4 is 15.1 Å². The number of rotatable bonds is 6. The van der Waals surface area contributed by atoms with Gasteiger partial charge in [-0.05, 0) is 38.1 Å². The average molecular weight is 474 g/mol. The summed E-state index contributed by atoms with van der Waals surface area (Å²) in [6.07, 6.45) is 0. The first-order valence-corrected chi connectivity index (χ1v) is 11.5. The average Bonchev–Trinajstić information content (AvgIpc) is 3.22. The van der Waals surface area contributed by atoms with Gasteiger partial charge in [0.05, 0.1) is 35.3 Å². The van der Waals surface area contributed by atoms with Crippen LogP contribution in [0.5, 0.6) is 5.75 Å². The normalized spacial score (nSPS) is 11.8. The number of benzene rings is 2. The van der Waals surface area contributed by atoms with E-state index in [1.54, 1.807) is 40.1 Å². The van der Waals surface area contributed by atoms with Crippen molar-refractivity contribution in [2.75, 3.05) is 18.4 Å². The highest BCUT2D eigenvalue weighted by atomic mass is 32.2. The van der Waals surface area contributed by atoms with Gasteiger partial charge in [-0.2, -0.15) is 0 Å². The number of sulfonamides is 1. The van der Waals surface area contributed by atoms with Gasteiger partial charge >= 0.3 is 11.7 Å². The van der Waals surface area contributed by atoms with Crippen LogP contribution in [0.4, 0.5) is 5.69 Å². The van der Waals surface area contributed by atoms with Crippen molar-refractivity contribution in [2.24, 2.45) is 14.1 Å². The lowest BCUT2D eigenvalue weighted by Gasteiger charge is -2.13. The molecule has 11 heteroatoms. The first kappa shape index (κ1) is 22.5. The summed E-state index contributed by atoms with van der Waals surface area (Å²) in [6.45, 7) is 3.54. The van der Waals surface area contributed by atoms with Gasteiger partial charge in [0.15, 0.2) is 0 Å². The Morgan fingerprint density at radius 3 is 2.42 bits per heavy atom. The fourth-order valence-electron chi connectivity index (χ4n) is 3.74. The van der Waals surface area contributed by atoms with Crippen molar-refractivity contribution in [2.45, 2.75) is 18.7 Å². The molecule has 0 aliphatic heterocycles. The van der Waals surface area contributed by atoms with Gasteiger partial charge in [-0.1, -0.05) is 0 Å². The molecule has 0 aliphatic carbocycles. The molecule has 0 aliphatic rings. The predicted molar refractivity (Wildman–Crippen MR) is 122 cm³/mol. The Balaban J connectivity index is 1.78. The molecule has 174 valence electrons. The number of nitrogens with zero attached hydrogens (tertiary/aromatic N) is 2. The maximum Gasteiger partial charge on any atom is 0.374 e. The largest absolute Gasteiger partial charge is 0.494 e. The van der Waals surface area contributed by atoms with Crippen LogP contribution in [0.15, 0.2) is 44.4 Å². The molecule has 0 bridgehead atoms. The van der Waals surface area contributed by atoms with E-state index < -0.39 is 16.0 Å². The molecule has 2 heterocycles. The van der Waals surface area contributed by atoms with E-state index in [9.17, 15) is 18.0 Å². The molecule has 2 aromatic carbocycles. The van der Waals surface area contributed by atoms with Crippen molar-refractivity contribution in [1.82, 2.24) is 9.13 Å². The van der Waals surface area contributed by atoms with Crippen LogP contribution in [0.25, 0.3) is 22.0 Å². The lowest BCUT2D eigenvalue weighted by atomic mass is 10.1. The van der Waals surface area contributed by atoms with Gasteiger partial charge < -0.3 is 13.9 Å². The van der Waals surface area contributed by atoms with E-state index in [0.29, 0.717) is 27.6 Å². The third kappa shape index (κ3) is 3.63. The van der Waals surface area contributed by atoms with Crippen molar-refractivity contribution in [1.29, 1.82) is 0 Å². The molecular formula is C22H23N3O7S. The SMILES string of the molecule is CCOC(=O)c1oc2ccc(S(=O)(=O)Nc3cc4c(cc3OC)n(C)c(=O)n4C)cc2c1C. The van der Waals surface area contributed by atoms with Crippen LogP contribution in [-0.4, -0.2) is 37.2 Å². The maximum absolute atomic E-state index is 13.2. The topological polar surface area (TPSA) is 122 Å². The summed E-state index contributed by atoms with van der Waals surface area (Å²) in [7, 11) is 0.602. The van der Waals surface area contributed by atoms with Gasteiger partial charge in [-0.25, -0.2) is 18.0 Å². The number of ether oxygens (including phenoxy) is 2. The van der Waals surface area contributed by atoms with Crippen LogP contribution in [-0.2, 0) is 28.9 Å². The van der Waals surface area contributed by atoms with Crippen LogP contribution in [0, 0.1) is 6.92 Å². The van der Waals surface area contributed by atoms with E-state index in [0.717, 1.165) is 0 Å². The number of carbonyl (C=O) groups excluding carboxylic acids is 1.